The smallest absolute Gasteiger partial charge is 0.126 e. The summed E-state index contributed by atoms with van der Waals surface area (Å²) in [4.78, 5) is 0. The van der Waals surface area contributed by atoms with Crippen LogP contribution < -0.4 is 5.32 Å². The van der Waals surface area contributed by atoms with Crippen LogP contribution in [0.1, 0.15) is 39.2 Å². The van der Waals surface area contributed by atoms with Gasteiger partial charge in [-0.05, 0) is 55.5 Å². The lowest BCUT2D eigenvalue weighted by Crippen LogP contribution is -2.37. The Morgan fingerprint density at radius 3 is 2.56 bits per heavy atom. The summed E-state index contributed by atoms with van der Waals surface area (Å²) < 4.78 is 14.5. The summed E-state index contributed by atoms with van der Waals surface area (Å²) in [6.07, 6.45) is 2.85. The Morgan fingerprint density at radius 2 is 2.00 bits per heavy atom. The SMILES string of the molecule is CNC(CCCc1cc(Br)ccc1F)C(C)(C)C. The normalized spacial score (nSPS) is 13.7. The molecule has 3 heteroatoms. The zero-order valence-corrected chi connectivity index (χ0v) is 13.3. The van der Waals surface area contributed by atoms with E-state index in [0.717, 1.165) is 29.3 Å². The average Bonchev–Trinajstić information content (AvgIpc) is 2.27. The fourth-order valence-electron chi connectivity index (χ4n) is 2.24. The zero-order chi connectivity index (χ0) is 13.8. The number of aryl methyl sites for hydroxylation is 1. The van der Waals surface area contributed by atoms with Gasteiger partial charge in [0.2, 0.25) is 0 Å². The molecule has 1 N–H and O–H groups in total. The van der Waals surface area contributed by atoms with Gasteiger partial charge in [-0.3, -0.25) is 0 Å². The second-order valence-electron chi connectivity index (χ2n) is 5.84. The monoisotopic (exact) mass is 315 g/mol. The third kappa shape index (κ3) is 4.69. The number of hydrogen-bond acceptors (Lipinski definition) is 1. The summed E-state index contributed by atoms with van der Waals surface area (Å²) in [6.45, 7) is 6.69. The van der Waals surface area contributed by atoms with Gasteiger partial charge in [-0.1, -0.05) is 36.7 Å². The molecule has 0 saturated carbocycles. The Balaban J connectivity index is 2.53. The van der Waals surface area contributed by atoms with Gasteiger partial charge >= 0.3 is 0 Å². The van der Waals surface area contributed by atoms with Gasteiger partial charge in [-0.25, -0.2) is 4.39 Å². The minimum Gasteiger partial charge on any atom is -0.316 e. The lowest BCUT2D eigenvalue weighted by Gasteiger charge is -2.30. The molecule has 0 aliphatic heterocycles. The maximum absolute atomic E-state index is 13.6. The Kier molecular flexibility index (Phi) is 5.80. The van der Waals surface area contributed by atoms with Gasteiger partial charge in [0.05, 0.1) is 0 Å². The summed E-state index contributed by atoms with van der Waals surface area (Å²) in [5.41, 5.74) is 1.04. The molecule has 1 unspecified atom stereocenters. The predicted molar refractivity (Wildman–Crippen MR) is 79.3 cm³/mol. The number of nitrogens with one attached hydrogen (secondary N) is 1. The molecular weight excluding hydrogens is 293 g/mol. The molecule has 18 heavy (non-hydrogen) atoms. The van der Waals surface area contributed by atoms with E-state index in [1.807, 2.05) is 13.1 Å². The molecule has 1 aromatic carbocycles. The van der Waals surface area contributed by atoms with Gasteiger partial charge in [0.15, 0.2) is 0 Å². The maximum Gasteiger partial charge on any atom is 0.126 e. The Morgan fingerprint density at radius 1 is 1.33 bits per heavy atom. The number of halogens is 2. The van der Waals surface area contributed by atoms with Crippen molar-refractivity contribution in [2.45, 2.75) is 46.1 Å². The number of benzene rings is 1. The Labute approximate surface area is 118 Å². The Hall–Kier alpha value is -0.410. The van der Waals surface area contributed by atoms with Crippen molar-refractivity contribution in [2.24, 2.45) is 5.41 Å². The molecular formula is C15H23BrFN. The summed E-state index contributed by atoms with van der Waals surface area (Å²) in [7, 11) is 2.00. The fraction of sp³-hybridized carbons (Fsp3) is 0.600. The van der Waals surface area contributed by atoms with Gasteiger partial charge < -0.3 is 5.32 Å². The van der Waals surface area contributed by atoms with Crippen LogP contribution in [0.3, 0.4) is 0 Å². The molecule has 102 valence electrons. The van der Waals surface area contributed by atoms with Gasteiger partial charge in [0.1, 0.15) is 5.82 Å². The molecule has 0 bridgehead atoms. The van der Waals surface area contributed by atoms with Crippen LogP contribution in [-0.2, 0) is 6.42 Å². The predicted octanol–water partition coefficient (Wildman–Crippen LogP) is 4.55. The number of rotatable bonds is 5. The maximum atomic E-state index is 13.6. The molecule has 0 spiro atoms. The van der Waals surface area contributed by atoms with E-state index in [-0.39, 0.29) is 11.2 Å². The summed E-state index contributed by atoms with van der Waals surface area (Å²) in [5.74, 6) is -0.102. The van der Waals surface area contributed by atoms with Crippen LogP contribution in [0.15, 0.2) is 22.7 Å². The van der Waals surface area contributed by atoms with Crippen LogP contribution in [0.25, 0.3) is 0 Å². The van der Waals surface area contributed by atoms with E-state index in [1.54, 1.807) is 6.07 Å². The van der Waals surface area contributed by atoms with Gasteiger partial charge in [0, 0.05) is 10.5 Å². The highest BCUT2D eigenvalue weighted by atomic mass is 79.9. The van der Waals surface area contributed by atoms with Crippen LogP contribution in [0.5, 0.6) is 0 Å². The highest BCUT2D eigenvalue weighted by Gasteiger charge is 2.22. The van der Waals surface area contributed by atoms with Crippen molar-refractivity contribution in [3.63, 3.8) is 0 Å². The minimum absolute atomic E-state index is 0.102. The molecule has 0 amide bonds. The summed E-state index contributed by atoms with van der Waals surface area (Å²) in [5, 5.41) is 3.35. The van der Waals surface area contributed by atoms with Crippen molar-refractivity contribution in [3.8, 4) is 0 Å². The summed E-state index contributed by atoms with van der Waals surface area (Å²) in [6, 6.07) is 5.61. The van der Waals surface area contributed by atoms with E-state index in [4.69, 9.17) is 0 Å². The molecule has 0 saturated heterocycles. The molecule has 0 aliphatic rings. The van der Waals surface area contributed by atoms with E-state index in [0.29, 0.717) is 6.04 Å². The third-order valence-corrected chi connectivity index (χ3v) is 3.83. The molecule has 0 heterocycles. The molecule has 0 aromatic heterocycles. The lowest BCUT2D eigenvalue weighted by molar-refractivity contribution is 0.263. The molecule has 0 fully saturated rings. The van der Waals surface area contributed by atoms with Crippen LogP contribution in [-0.4, -0.2) is 13.1 Å². The number of hydrogen-bond donors (Lipinski definition) is 1. The van der Waals surface area contributed by atoms with E-state index in [1.165, 1.54) is 6.07 Å². The highest BCUT2D eigenvalue weighted by Crippen LogP contribution is 2.24. The molecule has 1 atom stereocenters. The van der Waals surface area contributed by atoms with Crippen molar-refractivity contribution in [3.05, 3.63) is 34.1 Å². The van der Waals surface area contributed by atoms with Gasteiger partial charge in [-0.2, -0.15) is 0 Å². The fourth-order valence-corrected chi connectivity index (χ4v) is 2.65. The molecule has 1 aromatic rings. The van der Waals surface area contributed by atoms with Gasteiger partial charge in [-0.15, -0.1) is 0 Å². The Bertz CT molecular complexity index is 385. The lowest BCUT2D eigenvalue weighted by atomic mass is 9.83. The van der Waals surface area contributed by atoms with Crippen LogP contribution in [0.4, 0.5) is 4.39 Å². The second-order valence-corrected chi connectivity index (χ2v) is 6.75. The first kappa shape index (κ1) is 15.6. The standard InChI is InChI=1S/C15H23BrFN/c1-15(2,3)14(18-4)7-5-6-11-10-12(16)8-9-13(11)17/h8-10,14,18H,5-7H2,1-4H3. The third-order valence-electron chi connectivity index (χ3n) is 3.34. The van der Waals surface area contributed by atoms with Crippen LogP contribution in [0, 0.1) is 11.2 Å². The first-order chi connectivity index (χ1) is 8.34. The second kappa shape index (κ2) is 6.67. The van der Waals surface area contributed by atoms with E-state index >= 15 is 0 Å². The quantitative estimate of drug-likeness (QED) is 0.840. The van der Waals surface area contributed by atoms with E-state index in [2.05, 4.69) is 42.0 Å². The molecule has 1 nitrogen and oxygen atoms in total. The zero-order valence-electron chi connectivity index (χ0n) is 11.7. The topological polar surface area (TPSA) is 12.0 Å². The van der Waals surface area contributed by atoms with Crippen molar-refractivity contribution >= 4 is 15.9 Å². The first-order valence-corrected chi connectivity index (χ1v) is 7.25. The van der Waals surface area contributed by atoms with E-state index < -0.39 is 0 Å². The van der Waals surface area contributed by atoms with Crippen molar-refractivity contribution in [1.29, 1.82) is 0 Å². The minimum atomic E-state index is -0.102. The van der Waals surface area contributed by atoms with Crippen LogP contribution in [0.2, 0.25) is 0 Å². The first-order valence-electron chi connectivity index (χ1n) is 6.46. The van der Waals surface area contributed by atoms with E-state index in [9.17, 15) is 4.39 Å². The summed E-state index contributed by atoms with van der Waals surface area (Å²) >= 11 is 3.38. The average molecular weight is 316 g/mol. The van der Waals surface area contributed by atoms with Crippen molar-refractivity contribution in [2.75, 3.05) is 7.05 Å². The van der Waals surface area contributed by atoms with Crippen LogP contribution >= 0.6 is 15.9 Å². The van der Waals surface area contributed by atoms with Crippen molar-refractivity contribution in [1.82, 2.24) is 5.32 Å². The molecule has 0 aliphatic carbocycles. The van der Waals surface area contributed by atoms with Crippen molar-refractivity contribution < 1.29 is 4.39 Å². The van der Waals surface area contributed by atoms with Gasteiger partial charge in [0.25, 0.3) is 0 Å². The molecule has 1 rings (SSSR count). The highest BCUT2D eigenvalue weighted by molar-refractivity contribution is 9.10. The largest absolute Gasteiger partial charge is 0.316 e. The molecule has 0 radical (unpaired) electrons.